The standard InChI is InChI=1S/C48H52N8/c1-3-5-25-41-53-43-45(55(41)31-33-17-9-7-10-18-33)37-21-13-15-23-39(37)51-47(43)49-29-35-27-36(28-35)30-50-48-44-46(38-22-14-16-24-40(38)52-48)56(42(54-44)26-6-4-2)32-34-19-11-8-12-20-34/h7-24,35-36H,3-6,25-32H2,1-2H3,(H,49,51)(H,50,52). The van der Waals surface area contributed by atoms with Gasteiger partial charge in [0.1, 0.15) is 22.7 Å². The molecule has 9 rings (SSSR count). The third-order valence-electron chi connectivity index (χ3n) is 11.6. The van der Waals surface area contributed by atoms with E-state index in [0.717, 1.165) is 134 Å². The van der Waals surface area contributed by atoms with Crippen LogP contribution in [0, 0.1) is 11.8 Å². The highest BCUT2D eigenvalue weighted by atomic mass is 15.1. The predicted molar refractivity (Wildman–Crippen MR) is 232 cm³/mol. The number of hydrogen-bond donors (Lipinski definition) is 2. The van der Waals surface area contributed by atoms with Gasteiger partial charge in [-0.05, 0) is 60.8 Å². The number of aromatic nitrogens is 6. The lowest BCUT2D eigenvalue weighted by Crippen LogP contribution is -2.34. The van der Waals surface area contributed by atoms with Crippen LogP contribution in [0.25, 0.3) is 43.9 Å². The molecular weight excluding hydrogens is 689 g/mol. The summed E-state index contributed by atoms with van der Waals surface area (Å²) in [5.74, 6) is 5.23. The van der Waals surface area contributed by atoms with Crippen molar-refractivity contribution in [2.75, 3.05) is 23.7 Å². The van der Waals surface area contributed by atoms with Gasteiger partial charge in [-0.1, -0.05) is 124 Å². The molecule has 56 heavy (non-hydrogen) atoms. The summed E-state index contributed by atoms with van der Waals surface area (Å²) in [4.78, 5) is 20.9. The summed E-state index contributed by atoms with van der Waals surface area (Å²) in [5, 5.41) is 9.91. The molecule has 0 aliphatic heterocycles. The van der Waals surface area contributed by atoms with Gasteiger partial charge in [0.25, 0.3) is 0 Å². The van der Waals surface area contributed by atoms with E-state index in [0.29, 0.717) is 11.8 Å². The van der Waals surface area contributed by atoms with Gasteiger partial charge in [0.2, 0.25) is 0 Å². The molecule has 4 aromatic carbocycles. The number of fused-ring (bicyclic) bond motifs is 6. The second-order valence-electron chi connectivity index (χ2n) is 15.7. The van der Waals surface area contributed by atoms with Crippen LogP contribution in [0.3, 0.4) is 0 Å². The Bertz CT molecular complexity index is 2400. The zero-order valence-electron chi connectivity index (χ0n) is 32.7. The molecule has 0 saturated heterocycles. The third-order valence-corrected chi connectivity index (χ3v) is 11.6. The number of nitrogens with one attached hydrogen (secondary N) is 2. The van der Waals surface area contributed by atoms with E-state index in [1.807, 2.05) is 0 Å². The van der Waals surface area contributed by atoms with Crippen LogP contribution in [0.15, 0.2) is 109 Å². The molecule has 0 bridgehead atoms. The summed E-state index contributed by atoms with van der Waals surface area (Å²) >= 11 is 0. The van der Waals surface area contributed by atoms with Crippen LogP contribution in [-0.4, -0.2) is 42.2 Å². The third kappa shape index (κ3) is 7.20. The number of benzene rings is 4. The molecule has 8 aromatic rings. The van der Waals surface area contributed by atoms with Crippen molar-refractivity contribution in [2.24, 2.45) is 11.8 Å². The molecule has 284 valence electrons. The molecule has 0 radical (unpaired) electrons. The zero-order valence-corrected chi connectivity index (χ0v) is 32.7. The molecule has 8 heteroatoms. The van der Waals surface area contributed by atoms with Crippen LogP contribution in [-0.2, 0) is 25.9 Å². The number of unbranched alkanes of at least 4 members (excludes halogenated alkanes) is 2. The van der Waals surface area contributed by atoms with Crippen molar-refractivity contribution in [1.29, 1.82) is 0 Å². The van der Waals surface area contributed by atoms with E-state index in [9.17, 15) is 0 Å². The molecule has 1 saturated carbocycles. The van der Waals surface area contributed by atoms with Gasteiger partial charge in [0, 0.05) is 49.8 Å². The maximum absolute atomic E-state index is 5.30. The Morgan fingerprint density at radius 3 is 1.36 bits per heavy atom. The average molecular weight is 741 g/mol. The summed E-state index contributed by atoms with van der Waals surface area (Å²) in [5.41, 5.74) is 8.92. The first-order valence-corrected chi connectivity index (χ1v) is 20.8. The quantitative estimate of drug-likeness (QED) is 0.103. The van der Waals surface area contributed by atoms with Gasteiger partial charge in [-0.15, -0.1) is 0 Å². The molecule has 0 atom stereocenters. The number of hydrogen-bond acceptors (Lipinski definition) is 6. The van der Waals surface area contributed by atoms with Gasteiger partial charge < -0.3 is 19.8 Å². The number of imidazole rings is 2. The lowest BCUT2D eigenvalue weighted by molar-refractivity contribution is 0.217. The van der Waals surface area contributed by atoms with Crippen LogP contribution >= 0.6 is 0 Å². The second-order valence-corrected chi connectivity index (χ2v) is 15.7. The highest BCUT2D eigenvalue weighted by Crippen LogP contribution is 2.37. The normalized spacial score (nSPS) is 15.5. The van der Waals surface area contributed by atoms with Gasteiger partial charge in [-0.25, -0.2) is 19.9 Å². The predicted octanol–water partition coefficient (Wildman–Crippen LogP) is 10.8. The van der Waals surface area contributed by atoms with Gasteiger partial charge in [0.15, 0.2) is 11.6 Å². The maximum Gasteiger partial charge on any atom is 0.154 e. The van der Waals surface area contributed by atoms with E-state index >= 15 is 0 Å². The van der Waals surface area contributed by atoms with E-state index in [4.69, 9.17) is 19.9 Å². The summed E-state index contributed by atoms with van der Waals surface area (Å²) in [7, 11) is 0. The van der Waals surface area contributed by atoms with Crippen molar-refractivity contribution < 1.29 is 0 Å². The number of rotatable bonds is 16. The highest BCUT2D eigenvalue weighted by molar-refractivity contribution is 6.08. The minimum Gasteiger partial charge on any atom is -0.368 e. The molecule has 1 aliphatic rings. The number of para-hydroxylation sites is 2. The van der Waals surface area contributed by atoms with Crippen molar-refractivity contribution in [2.45, 2.75) is 78.3 Å². The van der Waals surface area contributed by atoms with E-state index in [2.05, 4.69) is 143 Å². The van der Waals surface area contributed by atoms with Crippen molar-refractivity contribution in [1.82, 2.24) is 29.1 Å². The van der Waals surface area contributed by atoms with Gasteiger partial charge in [-0.2, -0.15) is 0 Å². The summed E-state index contributed by atoms with van der Waals surface area (Å²) in [6.07, 6.45) is 8.71. The zero-order chi connectivity index (χ0) is 37.8. The number of anilines is 2. The Labute approximate surface area is 329 Å². The van der Waals surface area contributed by atoms with Crippen LogP contribution in [0.1, 0.15) is 75.1 Å². The lowest BCUT2D eigenvalue weighted by atomic mass is 9.75. The summed E-state index contributed by atoms with van der Waals surface area (Å²) in [6.45, 7) is 7.87. The number of pyridine rings is 2. The molecule has 0 spiro atoms. The van der Waals surface area contributed by atoms with Crippen LogP contribution in [0.2, 0.25) is 0 Å². The molecule has 1 fully saturated rings. The second kappa shape index (κ2) is 16.1. The van der Waals surface area contributed by atoms with Gasteiger partial charge in [-0.3, -0.25) is 0 Å². The largest absolute Gasteiger partial charge is 0.368 e. The topological polar surface area (TPSA) is 85.5 Å². The fourth-order valence-corrected chi connectivity index (χ4v) is 8.62. The Hall–Kier alpha value is -5.76. The van der Waals surface area contributed by atoms with Crippen LogP contribution in [0.5, 0.6) is 0 Å². The molecule has 0 amide bonds. The average Bonchev–Trinajstić information content (AvgIpc) is 3.77. The number of nitrogens with zero attached hydrogens (tertiary/aromatic N) is 6. The molecular formula is C48H52N8. The molecule has 1 aliphatic carbocycles. The summed E-state index contributed by atoms with van der Waals surface area (Å²) in [6, 6.07) is 38.6. The highest BCUT2D eigenvalue weighted by Gasteiger charge is 2.30. The Morgan fingerprint density at radius 1 is 0.518 bits per heavy atom. The fourth-order valence-electron chi connectivity index (χ4n) is 8.62. The van der Waals surface area contributed by atoms with Crippen LogP contribution < -0.4 is 10.6 Å². The first-order chi connectivity index (χ1) is 27.7. The Morgan fingerprint density at radius 2 is 0.929 bits per heavy atom. The van der Waals surface area contributed by atoms with E-state index < -0.39 is 0 Å². The van der Waals surface area contributed by atoms with Gasteiger partial charge in [0.05, 0.1) is 22.1 Å². The first-order valence-electron chi connectivity index (χ1n) is 20.8. The van der Waals surface area contributed by atoms with E-state index in [1.54, 1.807) is 0 Å². The Balaban J connectivity index is 0.934. The minimum absolute atomic E-state index is 0.575. The smallest absolute Gasteiger partial charge is 0.154 e. The Kier molecular flexibility index (Phi) is 10.4. The minimum atomic E-state index is 0.575. The van der Waals surface area contributed by atoms with Gasteiger partial charge >= 0.3 is 0 Å². The van der Waals surface area contributed by atoms with Crippen LogP contribution in [0.4, 0.5) is 11.6 Å². The van der Waals surface area contributed by atoms with Crippen molar-refractivity contribution >= 4 is 55.5 Å². The number of aryl methyl sites for hydroxylation is 2. The first kappa shape index (κ1) is 35.9. The summed E-state index contributed by atoms with van der Waals surface area (Å²) < 4.78 is 4.88. The van der Waals surface area contributed by atoms with Crippen molar-refractivity contribution in [3.8, 4) is 0 Å². The van der Waals surface area contributed by atoms with E-state index in [1.165, 1.54) is 22.2 Å². The van der Waals surface area contributed by atoms with Crippen molar-refractivity contribution in [3.05, 3.63) is 132 Å². The SMILES string of the molecule is CCCCc1nc2c(NCC3CC(CNc4nc5ccccc5c5c4nc(CCCC)n5Cc4ccccc4)C3)nc3ccccc3c2n1Cc1ccccc1. The molecule has 4 aromatic heterocycles. The molecule has 8 nitrogen and oxygen atoms in total. The molecule has 0 unspecified atom stereocenters. The lowest BCUT2D eigenvalue weighted by Gasteiger charge is -2.35. The monoisotopic (exact) mass is 740 g/mol. The van der Waals surface area contributed by atoms with Crippen molar-refractivity contribution in [3.63, 3.8) is 0 Å². The maximum atomic E-state index is 5.30. The fraction of sp³-hybridized carbons (Fsp3) is 0.333. The molecule has 2 N–H and O–H groups in total. The molecule has 4 heterocycles. The van der Waals surface area contributed by atoms with E-state index in [-0.39, 0.29) is 0 Å².